The van der Waals surface area contributed by atoms with Crippen molar-refractivity contribution in [2.45, 2.75) is 34.1 Å². The van der Waals surface area contributed by atoms with E-state index in [1.165, 1.54) is 23.0 Å². The van der Waals surface area contributed by atoms with Crippen LogP contribution in [0.25, 0.3) is 11.8 Å². The van der Waals surface area contributed by atoms with Crippen molar-refractivity contribution in [2.75, 3.05) is 0 Å². The standard InChI is InChI=1S/C25H24ClN3OS/c1-5-18-8-6-7-9-22(18)29-16(3)12-19(17(29)4)13-23-24(30)28-25(31-23)27-21-14-20(26)11-10-15(21)2/h6-14H,5H2,1-4H3,(H,27,28,30)/b23-13-. The van der Waals surface area contributed by atoms with Gasteiger partial charge in [0.05, 0.1) is 10.6 Å². The molecule has 3 aromatic rings. The smallest absolute Gasteiger partial charge is 0.264 e. The molecule has 1 fully saturated rings. The second-order valence-electron chi connectivity index (χ2n) is 7.56. The van der Waals surface area contributed by atoms with Gasteiger partial charge >= 0.3 is 0 Å². The number of nitrogens with one attached hydrogen (secondary N) is 1. The zero-order valence-electron chi connectivity index (χ0n) is 18.0. The van der Waals surface area contributed by atoms with E-state index in [9.17, 15) is 4.79 Å². The topological polar surface area (TPSA) is 46.4 Å². The number of amides is 1. The van der Waals surface area contributed by atoms with Crippen LogP contribution < -0.4 is 5.32 Å². The highest BCUT2D eigenvalue weighted by atomic mass is 35.5. The molecule has 1 amide bonds. The Balaban J connectivity index is 1.68. The summed E-state index contributed by atoms with van der Waals surface area (Å²) >= 11 is 7.44. The number of rotatable bonds is 4. The van der Waals surface area contributed by atoms with Crippen molar-refractivity contribution in [3.8, 4) is 5.69 Å². The Morgan fingerprint density at radius 1 is 1.13 bits per heavy atom. The molecule has 2 aromatic carbocycles. The Hall–Kier alpha value is -2.76. The first-order valence-electron chi connectivity index (χ1n) is 10.2. The molecule has 6 heteroatoms. The molecule has 1 aliphatic heterocycles. The minimum Gasteiger partial charge on any atom is -0.318 e. The lowest BCUT2D eigenvalue weighted by Crippen LogP contribution is -2.19. The SMILES string of the molecule is CCc1ccccc1-n1c(C)cc(/C=C2\SC(=Nc3cc(Cl)ccc3C)NC2=O)c1C. The number of halogens is 1. The predicted octanol–water partition coefficient (Wildman–Crippen LogP) is 6.51. The van der Waals surface area contributed by atoms with Gasteiger partial charge in [-0.3, -0.25) is 4.79 Å². The van der Waals surface area contributed by atoms with Crippen molar-refractivity contribution < 1.29 is 4.79 Å². The summed E-state index contributed by atoms with van der Waals surface area (Å²) in [4.78, 5) is 17.8. The van der Waals surface area contributed by atoms with Crippen LogP contribution >= 0.6 is 23.4 Å². The monoisotopic (exact) mass is 449 g/mol. The van der Waals surface area contributed by atoms with E-state index in [-0.39, 0.29) is 5.91 Å². The maximum Gasteiger partial charge on any atom is 0.264 e. The number of aryl methyl sites for hydroxylation is 3. The van der Waals surface area contributed by atoms with Crippen molar-refractivity contribution in [1.29, 1.82) is 0 Å². The first-order chi connectivity index (χ1) is 14.9. The Morgan fingerprint density at radius 3 is 2.68 bits per heavy atom. The number of thioether (sulfide) groups is 1. The Bertz CT molecular complexity index is 1240. The lowest BCUT2D eigenvalue weighted by atomic mass is 10.1. The highest BCUT2D eigenvalue weighted by Gasteiger charge is 2.25. The average molecular weight is 450 g/mol. The van der Waals surface area contributed by atoms with Gasteiger partial charge in [-0.15, -0.1) is 0 Å². The lowest BCUT2D eigenvalue weighted by Gasteiger charge is -2.14. The maximum absolute atomic E-state index is 12.6. The van der Waals surface area contributed by atoms with E-state index in [4.69, 9.17) is 11.6 Å². The molecule has 0 unspecified atom stereocenters. The summed E-state index contributed by atoms with van der Waals surface area (Å²) in [6, 6.07) is 16.1. The third-order valence-corrected chi connectivity index (χ3v) is 6.56. The van der Waals surface area contributed by atoms with Crippen molar-refractivity contribution in [3.05, 3.63) is 86.5 Å². The summed E-state index contributed by atoms with van der Waals surface area (Å²) < 4.78 is 2.26. The van der Waals surface area contributed by atoms with E-state index < -0.39 is 0 Å². The molecule has 0 aliphatic carbocycles. The van der Waals surface area contributed by atoms with Crippen molar-refractivity contribution in [1.82, 2.24) is 9.88 Å². The van der Waals surface area contributed by atoms with Gasteiger partial charge in [0.25, 0.3) is 5.91 Å². The van der Waals surface area contributed by atoms with Crippen LogP contribution in [0.4, 0.5) is 5.69 Å². The summed E-state index contributed by atoms with van der Waals surface area (Å²) in [6.45, 7) is 8.32. The molecular weight excluding hydrogens is 426 g/mol. The third kappa shape index (κ3) is 4.34. The molecule has 4 nitrogen and oxygen atoms in total. The first-order valence-corrected chi connectivity index (χ1v) is 11.4. The zero-order valence-corrected chi connectivity index (χ0v) is 19.6. The Kier molecular flexibility index (Phi) is 6.08. The molecular formula is C25H24ClN3OS. The zero-order chi connectivity index (χ0) is 22.1. The molecule has 158 valence electrons. The summed E-state index contributed by atoms with van der Waals surface area (Å²) in [5, 5.41) is 4.05. The number of aliphatic imine (C=N–C) groups is 1. The van der Waals surface area contributed by atoms with Gasteiger partial charge in [0.2, 0.25) is 0 Å². The van der Waals surface area contributed by atoms with Crippen LogP contribution in [-0.4, -0.2) is 15.6 Å². The summed E-state index contributed by atoms with van der Waals surface area (Å²) in [5.41, 5.74) is 7.51. The van der Waals surface area contributed by atoms with Gasteiger partial charge in [0, 0.05) is 22.1 Å². The molecule has 1 saturated heterocycles. The molecule has 0 radical (unpaired) electrons. The van der Waals surface area contributed by atoms with Crippen LogP contribution in [0.3, 0.4) is 0 Å². The number of aromatic nitrogens is 1. The maximum atomic E-state index is 12.6. The number of hydrogen-bond acceptors (Lipinski definition) is 3. The highest BCUT2D eigenvalue weighted by Crippen LogP contribution is 2.32. The molecule has 1 N–H and O–H groups in total. The highest BCUT2D eigenvalue weighted by molar-refractivity contribution is 8.18. The van der Waals surface area contributed by atoms with Gasteiger partial charge in [-0.25, -0.2) is 4.99 Å². The number of amidine groups is 1. The fraction of sp³-hybridized carbons (Fsp3) is 0.200. The number of benzene rings is 2. The number of hydrogen-bond donors (Lipinski definition) is 1. The van der Waals surface area contributed by atoms with Gasteiger partial charge in [0.1, 0.15) is 0 Å². The van der Waals surface area contributed by atoms with Crippen LogP contribution in [-0.2, 0) is 11.2 Å². The number of carbonyl (C=O) groups excluding carboxylic acids is 1. The molecule has 1 aliphatic rings. The second-order valence-corrected chi connectivity index (χ2v) is 9.02. The van der Waals surface area contributed by atoms with Gasteiger partial charge in [-0.05, 0) is 86.0 Å². The van der Waals surface area contributed by atoms with Crippen molar-refractivity contribution >= 4 is 46.2 Å². The van der Waals surface area contributed by atoms with Crippen LogP contribution in [0.2, 0.25) is 5.02 Å². The quantitative estimate of drug-likeness (QED) is 0.461. The number of para-hydroxylation sites is 1. The van der Waals surface area contributed by atoms with Gasteiger partial charge in [0.15, 0.2) is 5.17 Å². The summed E-state index contributed by atoms with van der Waals surface area (Å²) in [5.74, 6) is -0.137. The van der Waals surface area contributed by atoms with Crippen molar-refractivity contribution in [3.63, 3.8) is 0 Å². The van der Waals surface area contributed by atoms with E-state index in [0.717, 1.165) is 34.6 Å². The van der Waals surface area contributed by atoms with E-state index >= 15 is 0 Å². The average Bonchev–Trinajstić information content (AvgIpc) is 3.23. The van der Waals surface area contributed by atoms with E-state index in [1.807, 2.05) is 25.1 Å². The fourth-order valence-electron chi connectivity index (χ4n) is 3.77. The summed E-state index contributed by atoms with van der Waals surface area (Å²) in [6.07, 6.45) is 2.91. The normalized spacial score (nSPS) is 16.4. The molecule has 1 aromatic heterocycles. The molecule has 31 heavy (non-hydrogen) atoms. The van der Waals surface area contributed by atoms with E-state index in [0.29, 0.717) is 15.1 Å². The molecule has 0 bridgehead atoms. The van der Waals surface area contributed by atoms with Gasteiger partial charge in [-0.2, -0.15) is 0 Å². The molecule has 2 heterocycles. The van der Waals surface area contributed by atoms with Crippen molar-refractivity contribution in [2.24, 2.45) is 4.99 Å². The van der Waals surface area contributed by atoms with Crippen LogP contribution in [0, 0.1) is 20.8 Å². The molecule has 0 saturated carbocycles. The predicted molar refractivity (Wildman–Crippen MR) is 132 cm³/mol. The van der Waals surface area contributed by atoms with Crippen LogP contribution in [0.5, 0.6) is 0 Å². The lowest BCUT2D eigenvalue weighted by molar-refractivity contribution is -0.115. The third-order valence-electron chi connectivity index (χ3n) is 5.41. The first kappa shape index (κ1) is 21.5. The largest absolute Gasteiger partial charge is 0.318 e. The Morgan fingerprint density at radius 2 is 1.90 bits per heavy atom. The minimum absolute atomic E-state index is 0.137. The second kappa shape index (κ2) is 8.77. The van der Waals surface area contributed by atoms with Gasteiger partial charge in [-0.1, -0.05) is 42.8 Å². The molecule has 0 atom stereocenters. The Labute approximate surface area is 192 Å². The van der Waals surface area contributed by atoms with Gasteiger partial charge < -0.3 is 9.88 Å². The van der Waals surface area contributed by atoms with E-state index in [1.54, 1.807) is 6.07 Å². The fourth-order valence-corrected chi connectivity index (χ4v) is 4.76. The van der Waals surface area contributed by atoms with E-state index in [2.05, 4.69) is 66.0 Å². The molecule has 4 rings (SSSR count). The minimum atomic E-state index is -0.137. The molecule has 0 spiro atoms. The number of nitrogens with zero attached hydrogens (tertiary/aromatic N) is 2. The van der Waals surface area contributed by atoms with Crippen LogP contribution in [0.1, 0.15) is 35.0 Å². The summed E-state index contributed by atoms with van der Waals surface area (Å²) in [7, 11) is 0. The number of carbonyl (C=O) groups is 1. The van der Waals surface area contributed by atoms with Crippen LogP contribution in [0.15, 0.2) is 58.4 Å².